The number of hydrogen-bond acceptors (Lipinski definition) is 5. The van der Waals surface area contributed by atoms with Crippen molar-refractivity contribution in [1.82, 2.24) is 5.32 Å². The molecule has 0 fully saturated rings. The number of aliphatic hydroxyl groups is 1. The van der Waals surface area contributed by atoms with Gasteiger partial charge in [-0.25, -0.2) is 4.79 Å². The van der Waals surface area contributed by atoms with Crippen molar-refractivity contribution in [3.8, 4) is 0 Å². The standard InChI is InChI=1S/C20H41NO4/c1-3-5-6-7-9-12-17-24-19(4-2)20(23)25-18-13-10-8-11-14-21-15-16-22/h19,21-22H,3-18H2,1-2H3. The first-order valence-corrected chi connectivity index (χ1v) is 10.4. The van der Waals surface area contributed by atoms with E-state index in [1.807, 2.05) is 6.92 Å². The molecular formula is C20H41NO4. The van der Waals surface area contributed by atoms with Gasteiger partial charge >= 0.3 is 5.97 Å². The zero-order valence-corrected chi connectivity index (χ0v) is 16.6. The predicted molar refractivity (Wildman–Crippen MR) is 103 cm³/mol. The number of esters is 1. The van der Waals surface area contributed by atoms with Crippen molar-refractivity contribution >= 4 is 5.97 Å². The second kappa shape index (κ2) is 19.7. The van der Waals surface area contributed by atoms with E-state index in [0.717, 1.165) is 38.6 Å². The van der Waals surface area contributed by atoms with Gasteiger partial charge in [0.25, 0.3) is 0 Å². The summed E-state index contributed by atoms with van der Waals surface area (Å²) in [5.74, 6) is -0.210. The summed E-state index contributed by atoms with van der Waals surface area (Å²) in [6.07, 6.45) is 11.8. The first-order chi connectivity index (χ1) is 12.3. The molecule has 0 rings (SSSR count). The van der Waals surface area contributed by atoms with Crippen LogP contribution in [0.1, 0.15) is 84.5 Å². The summed E-state index contributed by atoms with van der Waals surface area (Å²) in [5.41, 5.74) is 0. The van der Waals surface area contributed by atoms with Gasteiger partial charge in [-0.15, -0.1) is 0 Å². The van der Waals surface area contributed by atoms with Crippen LogP contribution in [0.4, 0.5) is 0 Å². The van der Waals surface area contributed by atoms with Gasteiger partial charge in [0.1, 0.15) is 0 Å². The molecule has 0 aliphatic carbocycles. The highest BCUT2D eigenvalue weighted by Gasteiger charge is 2.18. The molecule has 25 heavy (non-hydrogen) atoms. The molecular weight excluding hydrogens is 318 g/mol. The summed E-state index contributed by atoms with van der Waals surface area (Å²) < 4.78 is 11.0. The quantitative estimate of drug-likeness (QED) is 0.271. The largest absolute Gasteiger partial charge is 0.464 e. The van der Waals surface area contributed by atoms with Crippen LogP contribution in [-0.4, -0.2) is 50.1 Å². The summed E-state index contributed by atoms with van der Waals surface area (Å²) in [6, 6.07) is 0. The number of ether oxygens (including phenoxy) is 2. The van der Waals surface area contributed by atoms with Gasteiger partial charge in [0, 0.05) is 13.2 Å². The number of aliphatic hydroxyl groups excluding tert-OH is 1. The molecule has 150 valence electrons. The molecule has 5 nitrogen and oxygen atoms in total. The van der Waals surface area contributed by atoms with Gasteiger partial charge in [-0.3, -0.25) is 0 Å². The van der Waals surface area contributed by atoms with Crippen molar-refractivity contribution in [2.24, 2.45) is 0 Å². The summed E-state index contributed by atoms with van der Waals surface area (Å²) in [4.78, 5) is 12.0. The van der Waals surface area contributed by atoms with Crippen molar-refractivity contribution < 1.29 is 19.4 Å². The summed E-state index contributed by atoms with van der Waals surface area (Å²) in [7, 11) is 0. The van der Waals surface area contributed by atoms with Gasteiger partial charge in [-0.2, -0.15) is 0 Å². The van der Waals surface area contributed by atoms with Crippen LogP contribution in [0.25, 0.3) is 0 Å². The Morgan fingerprint density at radius 2 is 1.52 bits per heavy atom. The first kappa shape index (κ1) is 24.4. The fraction of sp³-hybridized carbons (Fsp3) is 0.950. The molecule has 0 aromatic heterocycles. The van der Waals surface area contributed by atoms with E-state index in [-0.39, 0.29) is 12.6 Å². The van der Waals surface area contributed by atoms with Crippen LogP contribution in [0.5, 0.6) is 0 Å². The van der Waals surface area contributed by atoms with Crippen molar-refractivity contribution in [3.63, 3.8) is 0 Å². The average molecular weight is 360 g/mol. The van der Waals surface area contributed by atoms with Gasteiger partial charge in [0.2, 0.25) is 0 Å². The smallest absolute Gasteiger partial charge is 0.335 e. The van der Waals surface area contributed by atoms with Gasteiger partial charge in [-0.05, 0) is 32.2 Å². The second-order valence-corrected chi connectivity index (χ2v) is 6.59. The molecule has 5 heteroatoms. The third-order valence-electron chi connectivity index (χ3n) is 4.23. The highest BCUT2D eigenvalue weighted by molar-refractivity contribution is 5.74. The Balaban J connectivity index is 3.50. The summed E-state index contributed by atoms with van der Waals surface area (Å²) in [5, 5.41) is 11.8. The fourth-order valence-corrected chi connectivity index (χ4v) is 2.64. The molecule has 2 N–H and O–H groups in total. The lowest BCUT2D eigenvalue weighted by Gasteiger charge is -2.15. The topological polar surface area (TPSA) is 67.8 Å². The third-order valence-corrected chi connectivity index (χ3v) is 4.23. The number of carbonyl (C=O) groups is 1. The molecule has 0 aliphatic heterocycles. The Morgan fingerprint density at radius 1 is 0.880 bits per heavy atom. The third kappa shape index (κ3) is 16.6. The van der Waals surface area contributed by atoms with Crippen LogP contribution in [-0.2, 0) is 14.3 Å². The van der Waals surface area contributed by atoms with Crippen molar-refractivity contribution in [2.45, 2.75) is 90.6 Å². The van der Waals surface area contributed by atoms with Gasteiger partial charge in [0.15, 0.2) is 6.10 Å². The van der Waals surface area contributed by atoms with Gasteiger partial charge in [0.05, 0.1) is 13.2 Å². The molecule has 1 atom stereocenters. The van der Waals surface area contributed by atoms with E-state index in [0.29, 0.717) is 26.2 Å². The molecule has 0 saturated heterocycles. The van der Waals surface area contributed by atoms with E-state index >= 15 is 0 Å². The lowest BCUT2D eigenvalue weighted by atomic mass is 10.1. The minimum atomic E-state index is -0.404. The lowest BCUT2D eigenvalue weighted by Crippen LogP contribution is -2.26. The Bertz CT molecular complexity index is 287. The number of nitrogens with one attached hydrogen (secondary N) is 1. The van der Waals surface area contributed by atoms with Crippen LogP contribution in [0.3, 0.4) is 0 Å². The van der Waals surface area contributed by atoms with Crippen molar-refractivity contribution in [2.75, 3.05) is 32.9 Å². The Hall–Kier alpha value is -0.650. The number of carbonyl (C=O) groups excluding carboxylic acids is 1. The highest BCUT2D eigenvalue weighted by Crippen LogP contribution is 2.08. The molecule has 0 radical (unpaired) electrons. The monoisotopic (exact) mass is 359 g/mol. The van der Waals surface area contributed by atoms with E-state index in [9.17, 15) is 4.79 Å². The number of unbranched alkanes of at least 4 members (excludes halogenated alkanes) is 8. The van der Waals surface area contributed by atoms with E-state index < -0.39 is 6.10 Å². The molecule has 0 amide bonds. The number of hydrogen-bond donors (Lipinski definition) is 2. The SMILES string of the molecule is CCCCCCCCOC(CC)C(=O)OCCCCCCNCCO. The Kier molecular flexibility index (Phi) is 19.2. The van der Waals surface area contributed by atoms with E-state index in [1.54, 1.807) is 0 Å². The zero-order chi connectivity index (χ0) is 18.6. The van der Waals surface area contributed by atoms with E-state index in [2.05, 4.69) is 12.2 Å². The van der Waals surface area contributed by atoms with Crippen LogP contribution >= 0.6 is 0 Å². The van der Waals surface area contributed by atoms with Gasteiger partial charge < -0.3 is 19.9 Å². The van der Waals surface area contributed by atoms with Crippen LogP contribution < -0.4 is 5.32 Å². The Morgan fingerprint density at radius 3 is 2.20 bits per heavy atom. The second-order valence-electron chi connectivity index (χ2n) is 6.59. The van der Waals surface area contributed by atoms with E-state index in [1.165, 1.54) is 32.1 Å². The number of rotatable bonds is 19. The van der Waals surface area contributed by atoms with Crippen molar-refractivity contribution in [1.29, 1.82) is 0 Å². The summed E-state index contributed by atoms with van der Waals surface area (Å²) >= 11 is 0. The molecule has 0 aliphatic rings. The molecule has 0 saturated carbocycles. The summed E-state index contributed by atoms with van der Waals surface area (Å²) in [6.45, 7) is 7.11. The maximum absolute atomic E-state index is 12.0. The first-order valence-electron chi connectivity index (χ1n) is 10.4. The van der Waals surface area contributed by atoms with E-state index in [4.69, 9.17) is 14.6 Å². The van der Waals surface area contributed by atoms with Crippen LogP contribution in [0.2, 0.25) is 0 Å². The maximum Gasteiger partial charge on any atom is 0.335 e. The zero-order valence-electron chi connectivity index (χ0n) is 16.6. The normalized spacial score (nSPS) is 12.3. The highest BCUT2D eigenvalue weighted by atomic mass is 16.6. The van der Waals surface area contributed by atoms with Crippen molar-refractivity contribution in [3.05, 3.63) is 0 Å². The van der Waals surface area contributed by atoms with Crippen LogP contribution in [0.15, 0.2) is 0 Å². The average Bonchev–Trinajstić information content (AvgIpc) is 2.62. The fourth-order valence-electron chi connectivity index (χ4n) is 2.64. The lowest BCUT2D eigenvalue weighted by molar-refractivity contribution is -0.157. The van der Waals surface area contributed by atoms with Gasteiger partial charge in [-0.1, -0.05) is 58.8 Å². The minimum absolute atomic E-state index is 0.190. The molecule has 0 bridgehead atoms. The van der Waals surface area contributed by atoms with Crippen LogP contribution in [0, 0.1) is 0 Å². The molecule has 0 spiro atoms. The molecule has 0 aromatic carbocycles. The molecule has 0 heterocycles. The predicted octanol–water partition coefficient (Wildman–Crippen LogP) is 3.83. The maximum atomic E-state index is 12.0. The minimum Gasteiger partial charge on any atom is -0.464 e. The molecule has 0 aromatic rings. The Labute approximate surface area is 154 Å². The molecule has 1 unspecified atom stereocenters.